The predicted molar refractivity (Wildman–Crippen MR) is 143 cm³/mol. The van der Waals surface area contributed by atoms with Gasteiger partial charge >= 0.3 is 23.9 Å². The van der Waals surface area contributed by atoms with Crippen molar-refractivity contribution in [3.8, 4) is 0 Å². The molecule has 0 aromatic heterocycles. The average Bonchev–Trinajstić information content (AvgIpc) is 2.91. The maximum absolute atomic E-state index is 12.5. The topological polar surface area (TPSA) is 133 Å². The van der Waals surface area contributed by atoms with E-state index in [2.05, 4.69) is 19.7 Å². The van der Waals surface area contributed by atoms with Crippen LogP contribution in [-0.2, 0) is 52.3 Å². The Morgan fingerprint density at radius 3 is 1.15 bits per heavy atom. The fraction of sp³-hybridized carbons (Fsp3) is 0.643. The zero-order valence-electron chi connectivity index (χ0n) is 23.5. The van der Waals surface area contributed by atoms with E-state index in [4.69, 9.17) is 33.2 Å². The third-order valence-electron chi connectivity index (χ3n) is 4.88. The van der Waals surface area contributed by atoms with Gasteiger partial charge in [0.1, 0.15) is 6.61 Å². The summed E-state index contributed by atoms with van der Waals surface area (Å²) in [6, 6.07) is 0. The molecule has 0 bridgehead atoms. The first-order valence-electron chi connectivity index (χ1n) is 12.8. The van der Waals surface area contributed by atoms with Crippen molar-refractivity contribution >= 4 is 23.9 Å². The monoisotopic (exact) mass is 556 g/mol. The van der Waals surface area contributed by atoms with Gasteiger partial charge < -0.3 is 33.2 Å². The van der Waals surface area contributed by atoms with Gasteiger partial charge in [-0.1, -0.05) is 19.7 Å². The molecule has 0 aliphatic rings. The minimum Gasteiger partial charge on any atom is -0.464 e. The molecule has 0 aromatic carbocycles. The van der Waals surface area contributed by atoms with E-state index in [-0.39, 0.29) is 66.1 Å². The summed E-state index contributed by atoms with van der Waals surface area (Å²) in [7, 11) is 0. The van der Waals surface area contributed by atoms with Crippen LogP contribution in [0.3, 0.4) is 0 Å². The summed E-state index contributed by atoms with van der Waals surface area (Å²) in [6.07, 6.45) is 4.59. The Morgan fingerprint density at radius 2 is 0.872 bits per heavy atom. The molecule has 0 heterocycles. The molecule has 0 fully saturated rings. The highest BCUT2D eigenvalue weighted by Crippen LogP contribution is 2.24. The normalized spacial score (nSPS) is 11.3. The third-order valence-corrected chi connectivity index (χ3v) is 4.88. The van der Waals surface area contributed by atoms with Crippen LogP contribution in [0.1, 0.15) is 40.0 Å². The molecule has 0 saturated carbocycles. The zero-order chi connectivity index (χ0) is 29.6. The summed E-state index contributed by atoms with van der Waals surface area (Å²) < 4.78 is 38.0. The summed E-state index contributed by atoms with van der Waals surface area (Å²) in [5.74, 6) is -1.94. The summed E-state index contributed by atoms with van der Waals surface area (Å²) in [5, 5.41) is 0. The van der Waals surface area contributed by atoms with Crippen LogP contribution in [0.2, 0.25) is 0 Å². The number of ether oxygens (including phenoxy) is 7. The molecule has 0 aliphatic heterocycles. The maximum Gasteiger partial charge on any atom is 0.330 e. The van der Waals surface area contributed by atoms with E-state index < -0.39 is 34.7 Å². The van der Waals surface area contributed by atoms with E-state index in [1.165, 1.54) is 0 Å². The van der Waals surface area contributed by atoms with Crippen molar-refractivity contribution in [3.05, 3.63) is 38.0 Å². The van der Waals surface area contributed by atoms with Crippen LogP contribution in [0.5, 0.6) is 0 Å². The van der Waals surface area contributed by atoms with Gasteiger partial charge in [-0.3, -0.25) is 4.79 Å². The molecule has 0 rings (SSSR count). The first-order valence-corrected chi connectivity index (χ1v) is 12.8. The molecule has 0 amide bonds. The number of hydrogen-bond donors (Lipinski definition) is 0. The number of esters is 4. The molecule has 39 heavy (non-hydrogen) atoms. The van der Waals surface area contributed by atoms with E-state index in [0.717, 1.165) is 18.2 Å². The zero-order valence-corrected chi connectivity index (χ0v) is 23.5. The highest BCUT2D eigenvalue weighted by molar-refractivity contribution is 5.81. The molecule has 11 heteroatoms. The van der Waals surface area contributed by atoms with Crippen LogP contribution < -0.4 is 0 Å². The smallest absolute Gasteiger partial charge is 0.330 e. The predicted octanol–water partition coefficient (Wildman–Crippen LogP) is 2.97. The summed E-state index contributed by atoms with van der Waals surface area (Å²) in [6.45, 7) is 16.9. The molecule has 0 N–H and O–H groups in total. The standard InChI is InChI=1S/C28H44O11/c1-7-23(29)36-16-10-13-33-19-28(22-39-26(32)27(4,5)6,20-34-14-11-17-37-24(30)8-2)21-35-15-12-18-38-25(31)9-3/h7-9H,1-3,10-22H2,4-6H3. The van der Waals surface area contributed by atoms with Crippen molar-refractivity contribution in [2.45, 2.75) is 40.0 Å². The maximum atomic E-state index is 12.5. The second-order valence-corrected chi connectivity index (χ2v) is 9.66. The van der Waals surface area contributed by atoms with Crippen LogP contribution >= 0.6 is 0 Å². The quantitative estimate of drug-likeness (QED) is 0.0796. The summed E-state index contributed by atoms with van der Waals surface area (Å²) >= 11 is 0. The van der Waals surface area contributed by atoms with Gasteiger partial charge in [-0.2, -0.15) is 0 Å². The van der Waals surface area contributed by atoms with E-state index >= 15 is 0 Å². The van der Waals surface area contributed by atoms with Crippen molar-refractivity contribution in [1.82, 2.24) is 0 Å². The van der Waals surface area contributed by atoms with Gasteiger partial charge in [0, 0.05) is 57.3 Å². The molecule has 0 radical (unpaired) electrons. The second kappa shape index (κ2) is 20.9. The Balaban J connectivity index is 5.20. The Morgan fingerprint density at radius 1 is 0.538 bits per heavy atom. The van der Waals surface area contributed by atoms with Crippen LogP contribution in [0.25, 0.3) is 0 Å². The number of rotatable bonds is 23. The first-order chi connectivity index (χ1) is 18.5. The molecule has 0 atom stereocenters. The van der Waals surface area contributed by atoms with Gasteiger partial charge in [-0.15, -0.1) is 0 Å². The van der Waals surface area contributed by atoms with Gasteiger partial charge in [-0.05, 0) is 20.8 Å². The molecular formula is C28H44O11. The minimum atomic E-state index is -0.867. The lowest BCUT2D eigenvalue weighted by Crippen LogP contribution is -2.43. The molecule has 0 unspecified atom stereocenters. The molecule has 0 aliphatic carbocycles. The number of carbonyl (C=O) groups excluding carboxylic acids is 4. The van der Waals surface area contributed by atoms with Gasteiger partial charge in [0.15, 0.2) is 0 Å². The third kappa shape index (κ3) is 18.8. The van der Waals surface area contributed by atoms with Gasteiger partial charge in [0.25, 0.3) is 0 Å². The first kappa shape index (κ1) is 36.0. The second-order valence-electron chi connectivity index (χ2n) is 9.66. The Labute approximate surface area is 231 Å². The highest BCUT2D eigenvalue weighted by atomic mass is 16.6. The molecule has 0 saturated heterocycles. The summed E-state index contributed by atoms with van der Waals surface area (Å²) in [4.78, 5) is 46.1. The number of carbonyl (C=O) groups is 4. The molecule has 0 spiro atoms. The van der Waals surface area contributed by atoms with Gasteiger partial charge in [-0.25, -0.2) is 14.4 Å². The van der Waals surface area contributed by atoms with Crippen LogP contribution in [0.15, 0.2) is 38.0 Å². The Kier molecular flexibility index (Phi) is 19.3. The molecule has 0 aromatic rings. The van der Waals surface area contributed by atoms with E-state index in [1.54, 1.807) is 20.8 Å². The fourth-order valence-electron chi connectivity index (χ4n) is 2.73. The molecule has 222 valence electrons. The van der Waals surface area contributed by atoms with Crippen molar-refractivity contribution in [3.63, 3.8) is 0 Å². The van der Waals surface area contributed by atoms with Crippen molar-refractivity contribution in [1.29, 1.82) is 0 Å². The lowest BCUT2D eigenvalue weighted by Gasteiger charge is -2.33. The molecular weight excluding hydrogens is 512 g/mol. The van der Waals surface area contributed by atoms with Crippen LogP contribution in [0.4, 0.5) is 0 Å². The SMILES string of the molecule is C=CC(=O)OCCCOCC(COCCCOC(=O)C=C)(COCCCOC(=O)C=C)COC(=O)C(C)(C)C. The highest BCUT2D eigenvalue weighted by Gasteiger charge is 2.35. The van der Waals surface area contributed by atoms with Gasteiger partial charge in [0.2, 0.25) is 0 Å². The van der Waals surface area contributed by atoms with Crippen molar-refractivity contribution < 1.29 is 52.3 Å². The Bertz CT molecular complexity index is 704. The minimum absolute atomic E-state index is 0.0363. The lowest BCUT2D eigenvalue weighted by molar-refractivity contribution is -0.164. The Hall–Kier alpha value is -3.02. The van der Waals surface area contributed by atoms with Crippen molar-refractivity contribution in [2.75, 3.05) is 66.1 Å². The fourth-order valence-corrected chi connectivity index (χ4v) is 2.73. The number of hydrogen-bond acceptors (Lipinski definition) is 11. The van der Waals surface area contributed by atoms with Crippen molar-refractivity contribution in [2.24, 2.45) is 10.8 Å². The van der Waals surface area contributed by atoms with E-state index in [0.29, 0.717) is 19.3 Å². The van der Waals surface area contributed by atoms with E-state index in [1.807, 2.05) is 0 Å². The summed E-state index contributed by atoms with van der Waals surface area (Å²) in [5.41, 5.74) is -1.58. The van der Waals surface area contributed by atoms with Gasteiger partial charge in [0.05, 0.1) is 50.5 Å². The average molecular weight is 557 g/mol. The van der Waals surface area contributed by atoms with E-state index in [9.17, 15) is 19.2 Å². The van der Waals surface area contributed by atoms with Crippen LogP contribution in [0, 0.1) is 10.8 Å². The van der Waals surface area contributed by atoms with Crippen LogP contribution in [-0.4, -0.2) is 89.9 Å². The largest absolute Gasteiger partial charge is 0.464 e. The molecule has 11 nitrogen and oxygen atoms in total. The lowest BCUT2D eigenvalue weighted by atomic mass is 9.91.